The van der Waals surface area contributed by atoms with Crippen LogP contribution in [0.5, 0.6) is 0 Å². The molecule has 3 saturated heterocycles. The highest BCUT2D eigenvalue weighted by atomic mass is 19.4. The van der Waals surface area contributed by atoms with Gasteiger partial charge in [0.25, 0.3) is 0 Å². The highest BCUT2D eigenvalue weighted by Gasteiger charge is 2.60. The monoisotopic (exact) mass is 1530 g/mol. The van der Waals surface area contributed by atoms with Crippen molar-refractivity contribution in [2.45, 2.75) is 280 Å². The summed E-state index contributed by atoms with van der Waals surface area (Å²) < 4.78 is 121. The van der Waals surface area contributed by atoms with Gasteiger partial charge < -0.3 is 59.9 Å². The molecule has 4 aliphatic heterocycles. The Kier molecular flexibility index (Phi) is 27.7. The van der Waals surface area contributed by atoms with Crippen LogP contribution in [0.15, 0.2) is 12.2 Å². The molecular formula is C76H115F8N11O12. The second-order valence-corrected chi connectivity index (χ2v) is 33.5. The van der Waals surface area contributed by atoms with Crippen molar-refractivity contribution in [3.05, 3.63) is 12.2 Å². The average molecular weight is 1530 g/mol. The van der Waals surface area contributed by atoms with E-state index in [0.29, 0.717) is 32.1 Å². The minimum atomic E-state index is -5.20. The molecule has 9 rings (SSSR count). The van der Waals surface area contributed by atoms with Crippen LogP contribution < -0.4 is 16.0 Å². The summed E-state index contributed by atoms with van der Waals surface area (Å²) in [6.07, 6.45) is -9.39. The van der Waals surface area contributed by atoms with Crippen LogP contribution in [0.1, 0.15) is 195 Å². The Hall–Kier alpha value is -6.69. The van der Waals surface area contributed by atoms with Crippen LogP contribution in [-0.2, 0) is 57.5 Å². The highest BCUT2D eigenvalue weighted by Crippen LogP contribution is 2.51. The fourth-order valence-electron chi connectivity index (χ4n) is 18.7. The van der Waals surface area contributed by atoms with Crippen molar-refractivity contribution in [1.29, 1.82) is 0 Å². The van der Waals surface area contributed by atoms with E-state index < -0.39 is 211 Å². The molecule has 0 aromatic heterocycles. The first kappa shape index (κ1) is 84.3. The zero-order valence-corrected chi connectivity index (χ0v) is 64.0. The predicted octanol–water partition coefficient (Wildman–Crippen LogP) is 7.82. The number of ether oxygens (including phenoxy) is 1. The van der Waals surface area contributed by atoms with Crippen molar-refractivity contribution in [3.63, 3.8) is 0 Å². The number of alkyl halides is 8. The summed E-state index contributed by atoms with van der Waals surface area (Å²) in [6, 6.07) is -9.85. The van der Waals surface area contributed by atoms with Gasteiger partial charge in [-0.1, -0.05) is 72.0 Å². The van der Waals surface area contributed by atoms with E-state index in [1.807, 2.05) is 20.8 Å². The summed E-state index contributed by atoms with van der Waals surface area (Å²) >= 11 is 0. The Morgan fingerprint density at radius 1 is 0.589 bits per heavy atom. The summed E-state index contributed by atoms with van der Waals surface area (Å²) in [5.74, 6) is -14.6. The van der Waals surface area contributed by atoms with Gasteiger partial charge in [0.15, 0.2) is 0 Å². The number of hydrogen-bond donors (Lipinski definition) is 3. The molecule has 9 aliphatic rings. The molecule has 31 heteroatoms. The number of amides is 11. The van der Waals surface area contributed by atoms with Gasteiger partial charge in [0, 0.05) is 80.4 Å². The molecule has 2 bridgehead atoms. The van der Waals surface area contributed by atoms with E-state index in [1.165, 1.54) is 49.9 Å². The van der Waals surface area contributed by atoms with Gasteiger partial charge in [-0.3, -0.25) is 52.7 Å². The van der Waals surface area contributed by atoms with E-state index in [9.17, 15) is 50.3 Å². The van der Waals surface area contributed by atoms with Crippen molar-refractivity contribution in [3.8, 4) is 0 Å². The molecule has 4 heterocycles. The third-order valence-corrected chi connectivity index (χ3v) is 25.0. The van der Waals surface area contributed by atoms with Gasteiger partial charge >= 0.3 is 12.4 Å². The van der Waals surface area contributed by atoms with Crippen molar-refractivity contribution in [2.24, 2.45) is 46.8 Å². The molecule has 8 fully saturated rings. The van der Waals surface area contributed by atoms with E-state index >= 15 is 37.5 Å². The lowest BCUT2D eigenvalue weighted by atomic mass is 9.58. The van der Waals surface area contributed by atoms with Gasteiger partial charge in [-0.05, 0) is 158 Å². The number of likely N-dealkylation sites (N-methyl/N-ethyl adjacent to an activating group) is 5. The van der Waals surface area contributed by atoms with E-state index in [4.69, 9.17) is 4.74 Å². The van der Waals surface area contributed by atoms with Gasteiger partial charge in [0.05, 0.1) is 25.1 Å². The first-order chi connectivity index (χ1) is 50.3. The van der Waals surface area contributed by atoms with Gasteiger partial charge in [-0.15, -0.1) is 0 Å². The average Bonchev–Trinajstić information content (AvgIpc) is 1.29. The molecule has 107 heavy (non-hydrogen) atoms. The van der Waals surface area contributed by atoms with Crippen LogP contribution in [0.25, 0.3) is 0 Å². The Balaban J connectivity index is 1.09. The second kappa shape index (κ2) is 35.1. The SMILES string of the molecule is CCO[C@@H]1C[C@H]2C(=O)NC3(CC(C)(C)C3)C(=O)N(C)[C@@H](C3CCCC3)C(=O)N3CCC[C@@H]3CC(=O)N(C)[C@@H](CC3CC3)C(=O)N[C@@H]([C@@H](C)CC)C(=O)N(C)CC(=O)N(C)[C@H]3C/C=C\CCN(C3=O)[C@@H](CC3CCC(C(F)(F)F)CC3)C(=O)N(C)CC(=O)N[C@@H](CCC3CC(F)C(C(F)(F)F)C(F)C3)C(=O)N2C1. The van der Waals surface area contributed by atoms with Crippen molar-refractivity contribution in [1.82, 2.24) is 55.1 Å². The fourth-order valence-corrected chi connectivity index (χ4v) is 18.7. The van der Waals surface area contributed by atoms with Gasteiger partial charge in [0.2, 0.25) is 65.0 Å². The highest BCUT2D eigenvalue weighted by molar-refractivity contribution is 6.00. The molecule has 1 spiro atoms. The number of halogens is 8. The number of carbonyl (C=O) groups excluding carboxylic acids is 11. The maximum Gasteiger partial charge on any atom is 0.397 e. The largest absolute Gasteiger partial charge is 0.397 e. The second-order valence-electron chi connectivity index (χ2n) is 33.5. The van der Waals surface area contributed by atoms with Crippen LogP contribution in [0.2, 0.25) is 0 Å². The maximum absolute atomic E-state index is 15.7. The lowest BCUT2D eigenvalue weighted by molar-refractivity contribution is -0.219. The molecule has 12 atom stereocenters. The zero-order valence-electron chi connectivity index (χ0n) is 64.0. The van der Waals surface area contributed by atoms with E-state index in [-0.39, 0.29) is 127 Å². The molecule has 602 valence electrons. The fraction of sp³-hybridized carbons (Fsp3) is 0.829. The summed E-state index contributed by atoms with van der Waals surface area (Å²) in [5.41, 5.74) is -2.19. The lowest BCUT2D eigenvalue weighted by Crippen LogP contribution is -2.71. The summed E-state index contributed by atoms with van der Waals surface area (Å²) in [6.45, 7) is 7.61. The topological polar surface area (TPSA) is 259 Å². The van der Waals surface area contributed by atoms with E-state index in [1.54, 1.807) is 30.9 Å². The Morgan fingerprint density at radius 3 is 1.79 bits per heavy atom. The van der Waals surface area contributed by atoms with Crippen LogP contribution in [0.3, 0.4) is 0 Å². The first-order valence-corrected chi connectivity index (χ1v) is 39.1. The third-order valence-electron chi connectivity index (χ3n) is 25.0. The van der Waals surface area contributed by atoms with Gasteiger partial charge in [0.1, 0.15) is 66.1 Å². The van der Waals surface area contributed by atoms with Crippen molar-refractivity contribution in [2.75, 3.05) is 74.6 Å². The van der Waals surface area contributed by atoms with Crippen LogP contribution in [0.4, 0.5) is 35.1 Å². The third kappa shape index (κ3) is 20.1. The molecular weight excluding hydrogens is 1410 g/mol. The number of hydrogen-bond acceptors (Lipinski definition) is 12. The molecule has 11 amide bonds. The Bertz CT molecular complexity index is 3230. The number of fused-ring (bicyclic) bond motifs is 4. The number of nitrogens with zero attached hydrogens (tertiary/aromatic N) is 8. The Morgan fingerprint density at radius 2 is 1.21 bits per heavy atom. The van der Waals surface area contributed by atoms with Gasteiger partial charge in [-0.25, -0.2) is 8.78 Å². The number of carbonyl (C=O) groups is 11. The van der Waals surface area contributed by atoms with Crippen LogP contribution >= 0.6 is 0 Å². The zero-order chi connectivity index (χ0) is 78.5. The van der Waals surface area contributed by atoms with Crippen molar-refractivity contribution < 1.29 is 92.6 Å². The molecule has 5 saturated carbocycles. The first-order valence-electron chi connectivity index (χ1n) is 39.1. The molecule has 3 N–H and O–H groups in total. The molecule has 5 aliphatic carbocycles. The Labute approximate surface area is 623 Å². The van der Waals surface area contributed by atoms with Crippen LogP contribution in [0, 0.1) is 46.8 Å². The summed E-state index contributed by atoms with van der Waals surface area (Å²) in [7, 11) is 7.02. The minimum Gasteiger partial charge on any atom is -0.377 e. The van der Waals surface area contributed by atoms with Gasteiger partial charge in [-0.2, -0.15) is 26.3 Å². The number of nitrogens with one attached hydrogen (secondary N) is 3. The summed E-state index contributed by atoms with van der Waals surface area (Å²) in [5, 5.41) is 8.64. The van der Waals surface area contributed by atoms with Crippen molar-refractivity contribution >= 4 is 65.0 Å². The summed E-state index contributed by atoms with van der Waals surface area (Å²) in [4.78, 5) is 177. The molecule has 0 aromatic carbocycles. The smallest absolute Gasteiger partial charge is 0.377 e. The molecule has 23 nitrogen and oxygen atoms in total. The maximum atomic E-state index is 15.7. The van der Waals surface area contributed by atoms with E-state index in [2.05, 4.69) is 16.0 Å². The normalized spacial score (nSPS) is 33.9. The molecule has 0 aromatic rings. The van der Waals surface area contributed by atoms with Crippen LogP contribution in [-0.4, -0.2) is 263 Å². The lowest BCUT2D eigenvalue weighted by Gasteiger charge is -2.54. The molecule has 0 radical (unpaired) electrons. The minimum absolute atomic E-state index is 0.0114. The quantitative estimate of drug-likeness (QED) is 0.125. The van der Waals surface area contributed by atoms with E-state index in [0.717, 1.165) is 45.3 Å². The standard InChI is InChI=1S/C76H115F8N11O12/c1-11-44(3)63-70(104)89(7)41-61(98)90(8)55-22-14-13-17-31-94(69(55)103)58(36-46-25-28-49(29-26-46)75(79,80)81)68(102)88(6)40-59(96)85-54(30-27-47-33-52(77)62(53(78)34-47)76(82,83)84)67(101)95-39-51(107-12-2)38-57(95)66(100)87-74(42-73(4,5)43-74)72(106)92(10)64(48-19-15-16-20-48)71(105)93-32-18-21-50(93)37-60(97)91(9)56(65(99)86-63)35-45-23-24-45/h13-14,44-58,62-64H,11-12,15-43H2,1-10H3,(H,85,96)(H,86,99)(H,87,100)/b14-13-/t44-,46?,47?,49?,50+,51+,52?,53?,54-,55-,56-,57-,58-,62?,63-,64-/m0/s1. The molecule has 2 unspecified atom stereocenters. The predicted molar refractivity (Wildman–Crippen MR) is 378 cm³/mol. The number of rotatable bonds is 12.